The van der Waals surface area contributed by atoms with Crippen molar-refractivity contribution < 1.29 is 19.1 Å². The highest BCUT2D eigenvalue weighted by atomic mass is 16.5. The zero-order chi connectivity index (χ0) is 29.2. The number of nitrogens with two attached hydrogens (primary N) is 1. The van der Waals surface area contributed by atoms with Crippen LogP contribution in [0.4, 0.5) is 5.69 Å². The number of aromatic nitrogens is 2. The predicted molar refractivity (Wildman–Crippen MR) is 157 cm³/mol. The van der Waals surface area contributed by atoms with E-state index in [1.54, 1.807) is 62.9 Å². The molecule has 0 bridgehead atoms. The number of carbonyl (C=O) groups is 2. The fourth-order valence-electron chi connectivity index (χ4n) is 4.23. The van der Waals surface area contributed by atoms with Gasteiger partial charge in [-0.2, -0.15) is 0 Å². The van der Waals surface area contributed by atoms with Crippen LogP contribution in [0.15, 0.2) is 60.4 Å². The molecule has 212 valence electrons. The summed E-state index contributed by atoms with van der Waals surface area (Å²) in [6.07, 6.45) is 2.99. The molecule has 2 amide bonds. The lowest BCUT2D eigenvalue weighted by atomic mass is 10.1. The minimum absolute atomic E-state index is 0.0638. The summed E-state index contributed by atoms with van der Waals surface area (Å²) in [5.41, 5.74) is 8.40. The first-order valence-corrected chi connectivity index (χ1v) is 13.1. The fraction of sp³-hybridized carbons (Fsp3) is 0.333. The van der Waals surface area contributed by atoms with Crippen LogP contribution in [0.25, 0.3) is 17.3 Å². The van der Waals surface area contributed by atoms with Crippen LogP contribution in [0, 0.1) is 0 Å². The molecule has 0 spiro atoms. The van der Waals surface area contributed by atoms with E-state index in [1.807, 2.05) is 6.07 Å². The van der Waals surface area contributed by atoms with Crippen LogP contribution in [0.1, 0.15) is 43.9 Å². The summed E-state index contributed by atoms with van der Waals surface area (Å²) in [7, 11) is 3.13. The standard InChI is InChI=1S/C30H38N6O4/c1-19(2)36(20(3)4)16-15-33-29(37)21-7-10-23(11-8-21)34-30(38)24(31)18-28-32-14-13-25(35-28)22-9-12-26(39-5)27(17-22)40-6/h7-14,17-20H,15-16,31H2,1-6H3,(H,33,37)(H,34,38)/b24-18-. The summed E-state index contributed by atoms with van der Waals surface area (Å²) in [5, 5.41) is 5.68. The van der Waals surface area contributed by atoms with Gasteiger partial charge < -0.3 is 25.8 Å². The SMILES string of the molecule is COc1ccc(-c2ccnc(/C=C(\N)C(=O)Nc3ccc(C(=O)NCCN(C(C)C)C(C)C)cc3)n2)cc1OC. The van der Waals surface area contributed by atoms with Gasteiger partial charge in [-0.1, -0.05) is 0 Å². The fourth-order valence-corrected chi connectivity index (χ4v) is 4.23. The van der Waals surface area contributed by atoms with Crippen LogP contribution in [0.2, 0.25) is 0 Å². The molecule has 1 aromatic heterocycles. The van der Waals surface area contributed by atoms with Crippen LogP contribution in [-0.4, -0.2) is 66.1 Å². The number of benzene rings is 2. The van der Waals surface area contributed by atoms with E-state index in [9.17, 15) is 9.59 Å². The first-order valence-electron chi connectivity index (χ1n) is 13.1. The molecule has 2 aromatic carbocycles. The van der Waals surface area contributed by atoms with Gasteiger partial charge in [0.05, 0.1) is 19.9 Å². The van der Waals surface area contributed by atoms with Crippen LogP contribution in [0.3, 0.4) is 0 Å². The summed E-state index contributed by atoms with van der Waals surface area (Å²) < 4.78 is 10.7. The molecule has 4 N–H and O–H groups in total. The number of nitrogens with zero attached hydrogens (tertiary/aromatic N) is 3. The molecular formula is C30H38N6O4. The van der Waals surface area contributed by atoms with Crippen molar-refractivity contribution in [1.29, 1.82) is 0 Å². The normalized spacial score (nSPS) is 11.6. The number of nitrogens with one attached hydrogen (secondary N) is 2. The van der Waals surface area contributed by atoms with Crippen molar-refractivity contribution in [2.75, 3.05) is 32.6 Å². The predicted octanol–water partition coefficient (Wildman–Crippen LogP) is 3.95. The van der Waals surface area contributed by atoms with Gasteiger partial charge in [-0.15, -0.1) is 0 Å². The lowest BCUT2D eigenvalue weighted by Gasteiger charge is -2.30. The molecule has 40 heavy (non-hydrogen) atoms. The molecular weight excluding hydrogens is 508 g/mol. The second-order valence-corrected chi connectivity index (χ2v) is 9.68. The highest BCUT2D eigenvalue weighted by molar-refractivity contribution is 6.06. The largest absolute Gasteiger partial charge is 0.493 e. The average Bonchev–Trinajstić information content (AvgIpc) is 2.94. The maximum atomic E-state index is 12.7. The Bertz CT molecular complexity index is 1330. The van der Waals surface area contributed by atoms with Crippen molar-refractivity contribution in [3.8, 4) is 22.8 Å². The Morgan fingerprint density at radius 1 is 0.975 bits per heavy atom. The van der Waals surface area contributed by atoms with Gasteiger partial charge in [0.15, 0.2) is 17.3 Å². The van der Waals surface area contributed by atoms with Gasteiger partial charge in [0.2, 0.25) is 0 Å². The summed E-state index contributed by atoms with van der Waals surface area (Å²) in [4.78, 5) is 36.2. The van der Waals surface area contributed by atoms with E-state index in [1.165, 1.54) is 6.08 Å². The topological polar surface area (TPSA) is 132 Å². The Morgan fingerprint density at radius 2 is 1.65 bits per heavy atom. The van der Waals surface area contributed by atoms with E-state index in [0.29, 0.717) is 47.1 Å². The third kappa shape index (κ3) is 8.03. The maximum absolute atomic E-state index is 12.7. The highest BCUT2D eigenvalue weighted by Crippen LogP contribution is 2.31. The lowest BCUT2D eigenvalue weighted by Crippen LogP contribution is -2.42. The van der Waals surface area contributed by atoms with Gasteiger partial charge >= 0.3 is 0 Å². The van der Waals surface area contributed by atoms with Crippen molar-refractivity contribution in [1.82, 2.24) is 20.2 Å². The third-order valence-corrected chi connectivity index (χ3v) is 6.29. The first-order chi connectivity index (χ1) is 19.1. The zero-order valence-corrected chi connectivity index (χ0v) is 23.9. The number of ether oxygens (including phenoxy) is 2. The van der Waals surface area contributed by atoms with Crippen LogP contribution in [0.5, 0.6) is 11.5 Å². The average molecular weight is 547 g/mol. The van der Waals surface area contributed by atoms with Gasteiger partial charge in [0.25, 0.3) is 11.8 Å². The van der Waals surface area contributed by atoms with Gasteiger partial charge in [-0.05, 0) is 76.2 Å². The van der Waals surface area contributed by atoms with Gasteiger partial charge in [-0.25, -0.2) is 9.97 Å². The van der Waals surface area contributed by atoms with Crippen LogP contribution in [-0.2, 0) is 4.79 Å². The molecule has 3 aromatic rings. The van der Waals surface area contributed by atoms with E-state index < -0.39 is 5.91 Å². The van der Waals surface area contributed by atoms with E-state index in [2.05, 4.69) is 53.2 Å². The molecule has 0 aliphatic carbocycles. The summed E-state index contributed by atoms with van der Waals surface area (Å²) in [6.45, 7) is 9.87. The Kier molecular flexibility index (Phi) is 10.6. The number of carbonyl (C=O) groups excluding carboxylic acids is 2. The molecule has 0 atom stereocenters. The van der Waals surface area contributed by atoms with Crippen molar-refractivity contribution in [2.24, 2.45) is 5.73 Å². The Hall–Kier alpha value is -4.44. The molecule has 0 radical (unpaired) electrons. The summed E-state index contributed by atoms with van der Waals surface area (Å²) >= 11 is 0. The third-order valence-electron chi connectivity index (χ3n) is 6.29. The molecule has 0 fully saturated rings. The Labute approximate surface area is 235 Å². The van der Waals surface area contributed by atoms with E-state index in [0.717, 1.165) is 12.1 Å². The molecule has 0 aliphatic heterocycles. The molecule has 10 heteroatoms. The monoisotopic (exact) mass is 546 g/mol. The van der Waals surface area contributed by atoms with Crippen molar-refractivity contribution >= 4 is 23.6 Å². The minimum atomic E-state index is -0.514. The van der Waals surface area contributed by atoms with E-state index in [4.69, 9.17) is 15.2 Å². The minimum Gasteiger partial charge on any atom is -0.493 e. The highest BCUT2D eigenvalue weighted by Gasteiger charge is 2.14. The zero-order valence-electron chi connectivity index (χ0n) is 23.9. The quantitative estimate of drug-likeness (QED) is 0.291. The summed E-state index contributed by atoms with van der Waals surface area (Å²) in [6, 6.07) is 14.6. The lowest BCUT2D eigenvalue weighted by molar-refractivity contribution is -0.112. The molecule has 1 heterocycles. The number of rotatable bonds is 12. The Balaban J connectivity index is 1.61. The second-order valence-electron chi connectivity index (χ2n) is 9.68. The second kappa shape index (κ2) is 14.1. The molecule has 10 nitrogen and oxygen atoms in total. The van der Waals surface area contributed by atoms with Crippen molar-refractivity contribution in [2.45, 2.75) is 39.8 Å². The Morgan fingerprint density at radius 3 is 2.27 bits per heavy atom. The first kappa shape index (κ1) is 30.1. The van der Waals surface area contributed by atoms with E-state index >= 15 is 0 Å². The van der Waals surface area contributed by atoms with Crippen molar-refractivity contribution in [3.63, 3.8) is 0 Å². The van der Waals surface area contributed by atoms with Gasteiger partial charge in [0.1, 0.15) is 5.70 Å². The number of amides is 2. The van der Waals surface area contributed by atoms with E-state index in [-0.39, 0.29) is 17.4 Å². The van der Waals surface area contributed by atoms with Crippen LogP contribution < -0.4 is 25.8 Å². The number of anilines is 1. The number of hydrogen-bond acceptors (Lipinski definition) is 8. The van der Waals surface area contributed by atoms with Crippen molar-refractivity contribution in [3.05, 3.63) is 71.8 Å². The molecule has 0 saturated carbocycles. The van der Waals surface area contributed by atoms with Crippen LogP contribution >= 0.6 is 0 Å². The number of hydrogen-bond donors (Lipinski definition) is 3. The van der Waals surface area contributed by atoms with Gasteiger partial charge in [0, 0.05) is 54.3 Å². The molecule has 0 unspecified atom stereocenters. The smallest absolute Gasteiger partial charge is 0.271 e. The molecule has 3 rings (SSSR count). The molecule has 0 aliphatic rings. The molecule has 0 saturated heterocycles. The number of methoxy groups -OCH3 is 2. The maximum Gasteiger partial charge on any atom is 0.271 e. The van der Waals surface area contributed by atoms with Gasteiger partial charge in [-0.3, -0.25) is 14.5 Å². The summed E-state index contributed by atoms with van der Waals surface area (Å²) in [5.74, 6) is 0.771.